The van der Waals surface area contributed by atoms with Crippen molar-refractivity contribution in [3.05, 3.63) is 65.9 Å². The molecule has 156 valence electrons. The number of nitrogens with zero attached hydrogens (tertiary/aromatic N) is 1. The minimum atomic E-state index is 0.483. The van der Waals surface area contributed by atoms with Crippen molar-refractivity contribution < 1.29 is 9.30 Å². The average molecular weight is 409 g/mol. The van der Waals surface area contributed by atoms with Gasteiger partial charge in [-0.25, -0.2) is 4.57 Å². The van der Waals surface area contributed by atoms with Crippen molar-refractivity contribution in [2.24, 2.45) is 12.5 Å². The van der Waals surface area contributed by atoms with Crippen molar-refractivity contribution in [2.45, 2.75) is 52.4 Å². The molecule has 2 heteroatoms. The first kappa shape index (κ1) is 18.9. The Morgan fingerprint density at radius 2 is 1.71 bits per heavy atom. The molecule has 31 heavy (non-hydrogen) atoms. The Bertz CT molecular complexity index is 1350. The maximum Gasteiger partial charge on any atom is 0.228 e. The average Bonchev–Trinajstić information content (AvgIpc) is 2.75. The Morgan fingerprint density at radius 3 is 2.52 bits per heavy atom. The van der Waals surface area contributed by atoms with Crippen LogP contribution in [0.4, 0.5) is 0 Å². The molecule has 2 heterocycles. The molecule has 6 rings (SSSR count). The maximum atomic E-state index is 6.65. The highest BCUT2D eigenvalue weighted by Gasteiger charge is 2.32. The molecular formula is C29H30NO+. The van der Waals surface area contributed by atoms with Gasteiger partial charge in [-0.2, -0.15) is 0 Å². The zero-order valence-corrected chi connectivity index (χ0v) is 19.0. The molecule has 2 aliphatic rings. The molecule has 1 fully saturated rings. The summed E-state index contributed by atoms with van der Waals surface area (Å²) in [7, 11) is 2.15. The predicted octanol–water partition coefficient (Wildman–Crippen LogP) is 7.58. The summed E-state index contributed by atoms with van der Waals surface area (Å²) in [5, 5.41) is 5.08. The summed E-state index contributed by atoms with van der Waals surface area (Å²) in [5.41, 5.74) is 5.72. The fraction of sp³-hybridized carbons (Fsp3) is 0.345. The molecule has 1 aliphatic heterocycles. The van der Waals surface area contributed by atoms with E-state index in [1.807, 2.05) is 0 Å². The van der Waals surface area contributed by atoms with Crippen LogP contribution in [-0.2, 0) is 7.05 Å². The van der Waals surface area contributed by atoms with Gasteiger partial charge in [0.15, 0.2) is 6.20 Å². The smallest absolute Gasteiger partial charge is 0.228 e. The topological polar surface area (TPSA) is 13.1 Å². The van der Waals surface area contributed by atoms with Crippen molar-refractivity contribution in [2.75, 3.05) is 0 Å². The van der Waals surface area contributed by atoms with E-state index in [4.69, 9.17) is 4.74 Å². The summed E-state index contributed by atoms with van der Waals surface area (Å²) in [5.74, 6) is 2.63. The molecule has 0 N–H and O–H groups in total. The molecule has 3 aromatic carbocycles. The van der Waals surface area contributed by atoms with E-state index in [-0.39, 0.29) is 0 Å². The lowest BCUT2D eigenvalue weighted by molar-refractivity contribution is -0.659. The standard InChI is InChI=1S/C29H30NO/c1-18-23-8-6-5-7-20(23)16-24-26(18)28-27-21(11-14-30(28)4)15-22(17-25(27)31-24)19-9-12-29(2,3)13-10-19/h5-8,11,14-17,19H,9-10,12-13H2,1-4H3/q+1. The largest absolute Gasteiger partial charge is 0.456 e. The second-order valence-corrected chi connectivity index (χ2v) is 10.4. The van der Waals surface area contributed by atoms with Gasteiger partial charge < -0.3 is 4.74 Å². The Labute approximate surface area is 184 Å². The van der Waals surface area contributed by atoms with E-state index >= 15 is 0 Å². The van der Waals surface area contributed by atoms with Gasteiger partial charge >= 0.3 is 0 Å². The van der Waals surface area contributed by atoms with Crippen LogP contribution in [0.1, 0.15) is 56.6 Å². The van der Waals surface area contributed by atoms with Gasteiger partial charge in [-0.05, 0) is 83.4 Å². The van der Waals surface area contributed by atoms with Crippen LogP contribution in [0.25, 0.3) is 32.8 Å². The quantitative estimate of drug-likeness (QED) is 0.261. The molecule has 1 aromatic heterocycles. The molecular weight excluding hydrogens is 378 g/mol. The fourth-order valence-corrected chi connectivity index (χ4v) is 5.83. The second kappa shape index (κ2) is 6.56. The lowest BCUT2D eigenvalue weighted by Gasteiger charge is -2.35. The number of pyridine rings is 1. The number of hydrogen-bond donors (Lipinski definition) is 0. The zero-order chi connectivity index (χ0) is 21.3. The summed E-state index contributed by atoms with van der Waals surface area (Å²) >= 11 is 0. The molecule has 0 amide bonds. The Kier molecular flexibility index (Phi) is 3.99. The normalized spacial score (nSPS) is 17.5. The molecule has 2 nitrogen and oxygen atoms in total. The van der Waals surface area contributed by atoms with Crippen LogP contribution >= 0.6 is 0 Å². The van der Waals surface area contributed by atoms with Gasteiger partial charge in [-0.3, -0.25) is 0 Å². The molecule has 0 radical (unpaired) electrons. The van der Waals surface area contributed by atoms with Crippen molar-refractivity contribution in [3.8, 4) is 22.8 Å². The van der Waals surface area contributed by atoms with Gasteiger partial charge in [0.1, 0.15) is 18.5 Å². The van der Waals surface area contributed by atoms with Gasteiger partial charge in [0.2, 0.25) is 5.69 Å². The number of benzene rings is 3. The minimum Gasteiger partial charge on any atom is -0.456 e. The molecule has 1 aliphatic carbocycles. The first-order valence-corrected chi connectivity index (χ1v) is 11.6. The van der Waals surface area contributed by atoms with Crippen molar-refractivity contribution in [1.29, 1.82) is 0 Å². The molecule has 0 atom stereocenters. The van der Waals surface area contributed by atoms with Crippen molar-refractivity contribution in [3.63, 3.8) is 0 Å². The number of ether oxygens (including phenoxy) is 1. The SMILES string of the molecule is Cc1c2c(cc3ccccc13)Oc1cc(C3CCC(C)(C)CC3)cc3cc[n+](C)c-2c13. The summed E-state index contributed by atoms with van der Waals surface area (Å²) in [6, 6.07) is 17.9. The number of aryl methyl sites for hydroxylation is 2. The molecule has 4 aromatic rings. The van der Waals surface area contributed by atoms with E-state index in [0.29, 0.717) is 11.3 Å². The second-order valence-electron chi connectivity index (χ2n) is 10.4. The number of aromatic nitrogens is 1. The molecule has 0 spiro atoms. The number of hydrogen-bond acceptors (Lipinski definition) is 1. The van der Waals surface area contributed by atoms with Crippen LogP contribution in [0.15, 0.2) is 54.7 Å². The molecule has 0 unspecified atom stereocenters. The predicted molar refractivity (Wildman–Crippen MR) is 128 cm³/mol. The molecule has 0 bridgehead atoms. The van der Waals surface area contributed by atoms with Crippen LogP contribution in [0.3, 0.4) is 0 Å². The van der Waals surface area contributed by atoms with Gasteiger partial charge in [0.25, 0.3) is 0 Å². The highest BCUT2D eigenvalue weighted by Crippen LogP contribution is 2.50. The lowest BCUT2D eigenvalue weighted by atomic mass is 9.71. The zero-order valence-electron chi connectivity index (χ0n) is 19.0. The summed E-state index contributed by atoms with van der Waals surface area (Å²) in [4.78, 5) is 0. The highest BCUT2D eigenvalue weighted by molar-refractivity contribution is 6.05. The van der Waals surface area contributed by atoms with E-state index in [2.05, 4.69) is 87.1 Å². The fourth-order valence-electron chi connectivity index (χ4n) is 5.83. The Morgan fingerprint density at radius 1 is 0.935 bits per heavy atom. The lowest BCUT2D eigenvalue weighted by Crippen LogP contribution is -2.31. The minimum absolute atomic E-state index is 0.483. The Balaban J connectivity index is 1.57. The third-order valence-corrected chi connectivity index (χ3v) is 7.76. The number of fused-ring (bicyclic) bond motifs is 3. The first-order valence-electron chi connectivity index (χ1n) is 11.6. The highest BCUT2D eigenvalue weighted by atomic mass is 16.5. The maximum absolute atomic E-state index is 6.65. The van der Waals surface area contributed by atoms with Crippen LogP contribution in [0, 0.1) is 12.3 Å². The molecule has 1 saturated carbocycles. The number of rotatable bonds is 1. The van der Waals surface area contributed by atoms with Crippen molar-refractivity contribution >= 4 is 21.5 Å². The van der Waals surface area contributed by atoms with Crippen LogP contribution in [0.2, 0.25) is 0 Å². The van der Waals surface area contributed by atoms with Gasteiger partial charge in [-0.15, -0.1) is 0 Å². The van der Waals surface area contributed by atoms with Gasteiger partial charge in [0, 0.05) is 6.07 Å². The third-order valence-electron chi connectivity index (χ3n) is 7.76. The Hall–Kier alpha value is -2.87. The van der Waals surface area contributed by atoms with Gasteiger partial charge in [0.05, 0.1) is 10.9 Å². The van der Waals surface area contributed by atoms with Crippen LogP contribution in [0.5, 0.6) is 11.5 Å². The van der Waals surface area contributed by atoms with E-state index < -0.39 is 0 Å². The summed E-state index contributed by atoms with van der Waals surface area (Å²) in [6.07, 6.45) is 7.35. The summed E-state index contributed by atoms with van der Waals surface area (Å²) < 4.78 is 8.91. The third kappa shape index (κ3) is 2.88. The van der Waals surface area contributed by atoms with Gasteiger partial charge in [-0.1, -0.05) is 44.2 Å². The van der Waals surface area contributed by atoms with E-state index in [0.717, 1.165) is 11.5 Å². The molecule has 0 saturated heterocycles. The summed E-state index contributed by atoms with van der Waals surface area (Å²) in [6.45, 7) is 7.05. The monoisotopic (exact) mass is 408 g/mol. The van der Waals surface area contributed by atoms with E-state index in [1.54, 1.807) is 0 Å². The van der Waals surface area contributed by atoms with Crippen LogP contribution in [-0.4, -0.2) is 0 Å². The van der Waals surface area contributed by atoms with Crippen molar-refractivity contribution in [1.82, 2.24) is 0 Å². The first-order chi connectivity index (χ1) is 14.9. The van der Waals surface area contributed by atoms with E-state index in [1.165, 1.54) is 69.6 Å². The van der Waals surface area contributed by atoms with Crippen LogP contribution < -0.4 is 9.30 Å². The van der Waals surface area contributed by atoms with E-state index in [9.17, 15) is 0 Å².